The summed E-state index contributed by atoms with van der Waals surface area (Å²) < 4.78 is 0. The maximum atomic E-state index is 12.0. The van der Waals surface area contributed by atoms with E-state index in [0.717, 1.165) is 43.4 Å². The maximum absolute atomic E-state index is 12.0. The Morgan fingerprint density at radius 1 is 1.45 bits per heavy atom. The summed E-state index contributed by atoms with van der Waals surface area (Å²) in [5.41, 5.74) is 0.958. The highest BCUT2D eigenvalue weighted by molar-refractivity contribution is 5.79. The highest BCUT2D eigenvalue weighted by Gasteiger charge is 2.26. The van der Waals surface area contributed by atoms with Crippen LogP contribution in [0.4, 0.5) is 11.8 Å². The van der Waals surface area contributed by atoms with Gasteiger partial charge in [-0.05, 0) is 19.8 Å². The van der Waals surface area contributed by atoms with Gasteiger partial charge >= 0.3 is 0 Å². The summed E-state index contributed by atoms with van der Waals surface area (Å²) >= 11 is 0. The minimum atomic E-state index is 0.0781. The van der Waals surface area contributed by atoms with Gasteiger partial charge in [-0.1, -0.05) is 6.08 Å². The van der Waals surface area contributed by atoms with Crippen LogP contribution in [-0.4, -0.2) is 49.6 Å². The molecule has 1 N–H and O–H groups in total. The van der Waals surface area contributed by atoms with Crippen LogP contribution in [-0.2, 0) is 4.79 Å². The second-order valence-electron chi connectivity index (χ2n) is 5.86. The average molecular weight is 303 g/mol. The van der Waals surface area contributed by atoms with E-state index >= 15 is 0 Å². The van der Waals surface area contributed by atoms with Crippen LogP contribution >= 0.6 is 0 Å². The Labute approximate surface area is 132 Å². The second kappa shape index (κ2) is 7.24. The molecule has 120 valence electrons. The average Bonchev–Trinajstić information content (AvgIpc) is 2.52. The molecule has 0 bridgehead atoms. The van der Waals surface area contributed by atoms with Crippen molar-refractivity contribution in [3.8, 4) is 0 Å². The van der Waals surface area contributed by atoms with Gasteiger partial charge in [-0.15, -0.1) is 6.58 Å². The number of amides is 1. The van der Waals surface area contributed by atoms with Gasteiger partial charge < -0.3 is 15.1 Å². The van der Waals surface area contributed by atoms with E-state index < -0.39 is 0 Å². The zero-order chi connectivity index (χ0) is 16.1. The van der Waals surface area contributed by atoms with Gasteiger partial charge in [-0.3, -0.25) is 4.79 Å². The minimum Gasteiger partial charge on any atom is -0.363 e. The topological polar surface area (TPSA) is 61.4 Å². The van der Waals surface area contributed by atoms with Crippen molar-refractivity contribution in [2.24, 2.45) is 5.92 Å². The van der Waals surface area contributed by atoms with E-state index in [4.69, 9.17) is 0 Å². The molecule has 1 aromatic rings. The number of nitrogens with zero attached hydrogens (tertiary/aromatic N) is 4. The number of aromatic nitrogens is 2. The normalized spacial score (nSPS) is 15.5. The third-order valence-electron chi connectivity index (χ3n) is 3.86. The molecule has 2 heterocycles. The van der Waals surface area contributed by atoms with E-state index in [1.807, 2.05) is 32.0 Å². The van der Waals surface area contributed by atoms with Gasteiger partial charge in [0.05, 0.1) is 0 Å². The number of rotatable bonds is 5. The molecule has 1 aliphatic rings. The van der Waals surface area contributed by atoms with Gasteiger partial charge in [0.25, 0.3) is 0 Å². The Balaban J connectivity index is 1.99. The van der Waals surface area contributed by atoms with Crippen LogP contribution in [0.3, 0.4) is 0 Å². The van der Waals surface area contributed by atoms with Gasteiger partial charge in [0.2, 0.25) is 11.9 Å². The van der Waals surface area contributed by atoms with Gasteiger partial charge in [0, 0.05) is 51.4 Å². The lowest BCUT2D eigenvalue weighted by Crippen LogP contribution is -2.41. The fourth-order valence-corrected chi connectivity index (χ4v) is 2.57. The Bertz CT molecular complexity index is 535. The van der Waals surface area contributed by atoms with Gasteiger partial charge in [-0.25, -0.2) is 4.98 Å². The molecular weight excluding hydrogens is 278 g/mol. The summed E-state index contributed by atoms with van der Waals surface area (Å²) in [4.78, 5) is 25.3. The van der Waals surface area contributed by atoms with Crippen LogP contribution in [0.5, 0.6) is 0 Å². The molecule has 1 amide bonds. The van der Waals surface area contributed by atoms with E-state index in [9.17, 15) is 4.79 Å². The Hall–Kier alpha value is -2.11. The first-order chi connectivity index (χ1) is 10.5. The standard InChI is InChI=1S/C16H25N5O/c1-5-8-17-15(22)13-6-9-21(10-7-13)16-18-12(2)11-14(19-16)20(3)4/h5,11,13H,1,6-10H2,2-4H3,(H,17,22). The molecule has 0 aromatic carbocycles. The summed E-state index contributed by atoms with van der Waals surface area (Å²) in [5, 5.41) is 2.88. The lowest BCUT2D eigenvalue weighted by molar-refractivity contribution is -0.125. The molecule has 0 unspecified atom stereocenters. The smallest absolute Gasteiger partial charge is 0.227 e. The van der Waals surface area contributed by atoms with Crippen LogP contribution in [0.25, 0.3) is 0 Å². The number of aryl methyl sites for hydroxylation is 1. The summed E-state index contributed by atoms with van der Waals surface area (Å²) in [7, 11) is 3.95. The van der Waals surface area contributed by atoms with Crippen molar-refractivity contribution in [3.63, 3.8) is 0 Å². The van der Waals surface area contributed by atoms with Crippen molar-refractivity contribution in [1.29, 1.82) is 0 Å². The van der Waals surface area contributed by atoms with Gasteiger partial charge in [-0.2, -0.15) is 4.98 Å². The fraction of sp³-hybridized carbons (Fsp3) is 0.562. The third-order valence-corrected chi connectivity index (χ3v) is 3.86. The summed E-state index contributed by atoms with van der Waals surface area (Å²) in [6.07, 6.45) is 3.37. The van der Waals surface area contributed by atoms with Gasteiger partial charge in [0.15, 0.2) is 0 Å². The van der Waals surface area contributed by atoms with Crippen molar-refractivity contribution in [3.05, 3.63) is 24.4 Å². The minimum absolute atomic E-state index is 0.0781. The molecule has 0 saturated carbocycles. The molecule has 1 aromatic heterocycles. The van der Waals surface area contributed by atoms with Crippen molar-refractivity contribution in [2.75, 3.05) is 43.5 Å². The maximum Gasteiger partial charge on any atom is 0.227 e. The van der Waals surface area contributed by atoms with Crippen molar-refractivity contribution >= 4 is 17.7 Å². The first-order valence-electron chi connectivity index (χ1n) is 7.68. The molecule has 1 fully saturated rings. The van der Waals surface area contributed by atoms with Crippen molar-refractivity contribution in [1.82, 2.24) is 15.3 Å². The number of carbonyl (C=O) groups excluding carboxylic acids is 1. The number of nitrogens with one attached hydrogen (secondary N) is 1. The largest absolute Gasteiger partial charge is 0.363 e. The number of carbonyl (C=O) groups is 1. The molecule has 6 nitrogen and oxygen atoms in total. The van der Waals surface area contributed by atoms with E-state index in [-0.39, 0.29) is 11.8 Å². The van der Waals surface area contributed by atoms with Crippen LogP contribution in [0.2, 0.25) is 0 Å². The predicted octanol–water partition coefficient (Wildman–Crippen LogP) is 1.37. The second-order valence-corrected chi connectivity index (χ2v) is 5.86. The molecule has 1 saturated heterocycles. The van der Waals surface area contributed by atoms with E-state index in [1.54, 1.807) is 6.08 Å². The molecule has 6 heteroatoms. The highest BCUT2D eigenvalue weighted by atomic mass is 16.1. The molecule has 1 aliphatic heterocycles. The van der Waals surface area contributed by atoms with E-state index in [0.29, 0.717) is 6.54 Å². The number of piperidine rings is 1. The quantitative estimate of drug-likeness (QED) is 0.833. The molecule has 0 spiro atoms. The Kier molecular flexibility index (Phi) is 5.35. The molecular formula is C16H25N5O. The van der Waals surface area contributed by atoms with Crippen LogP contribution in [0.1, 0.15) is 18.5 Å². The third kappa shape index (κ3) is 3.96. The van der Waals surface area contributed by atoms with Crippen molar-refractivity contribution < 1.29 is 4.79 Å². The number of hydrogen-bond donors (Lipinski definition) is 1. The number of anilines is 2. The van der Waals surface area contributed by atoms with Crippen LogP contribution in [0, 0.1) is 12.8 Å². The van der Waals surface area contributed by atoms with Crippen LogP contribution < -0.4 is 15.1 Å². The monoisotopic (exact) mass is 303 g/mol. The van der Waals surface area contributed by atoms with Crippen molar-refractivity contribution in [2.45, 2.75) is 19.8 Å². The first kappa shape index (κ1) is 16.3. The zero-order valence-corrected chi connectivity index (χ0v) is 13.7. The number of hydrogen-bond acceptors (Lipinski definition) is 5. The molecule has 0 radical (unpaired) electrons. The van der Waals surface area contributed by atoms with Gasteiger partial charge in [0.1, 0.15) is 5.82 Å². The predicted molar refractivity (Wildman–Crippen MR) is 89.2 cm³/mol. The Morgan fingerprint density at radius 3 is 2.73 bits per heavy atom. The van der Waals surface area contributed by atoms with Crippen LogP contribution in [0.15, 0.2) is 18.7 Å². The summed E-state index contributed by atoms with van der Waals surface area (Å²) in [5.74, 6) is 1.87. The first-order valence-corrected chi connectivity index (χ1v) is 7.68. The molecule has 22 heavy (non-hydrogen) atoms. The summed E-state index contributed by atoms with van der Waals surface area (Å²) in [6.45, 7) is 7.75. The SMILES string of the molecule is C=CCNC(=O)C1CCN(c2nc(C)cc(N(C)C)n2)CC1. The summed E-state index contributed by atoms with van der Waals surface area (Å²) in [6, 6.07) is 1.97. The fourth-order valence-electron chi connectivity index (χ4n) is 2.57. The lowest BCUT2D eigenvalue weighted by atomic mass is 9.96. The molecule has 0 aliphatic carbocycles. The molecule has 0 atom stereocenters. The van der Waals surface area contributed by atoms with E-state index in [2.05, 4.69) is 26.8 Å². The zero-order valence-electron chi connectivity index (χ0n) is 13.7. The highest BCUT2D eigenvalue weighted by Crippen LogP contribution is 2.22. The molecule has 2 rings (SSSR count). The van der Waals surface area contributed by atoms with E-state index in [1.165, 1.54) is 0 Å². The Morgan fingerprint density at radius 2 is 2.14 bits per heavy atom. The lowest BCUT2D eigenvalue weighted by Gasteiger charge is -2.31.